The first-order valence-corrected chi connectivity index (χ1v) is 10.7. The molecule has 2 N–H and O–H groups in total. The van der Waals surface area contributed by atoms with E-state index in [4.69, 9.17) is 23.2 Å². The number of carbonyl (C=O) groups is 2. The topological polar surface area (TPSA) is 69.6 Å². The summed E-state index contributed by atoms with van der Waals surface area (Å²) in [5.41, 5.74) is 2.42. The highest BCUT2D eigenvalue weighted by atomic mass is 35.5. The number of rotatable bonds is 6. The summed E-state index contributed by atoms with van der Waals surface area (Å²) in [5.74, 6) is -1.10. The monoisotopic (exact) mass is 472 g/mol. The van der Waals surface area contributed by atoms with E-state index >= 15 is 0 Å². The van der Waals surface area contributed by atoms with Gasteiger partial charge in [0.05, 0.1) is 10.0 Å². The molecule has 2 amide bonds. The van der Waals surface area contributed by atoms with E-state index in [0.717, 1.165) is 11.1 Å². The summed E-state index contributed by atoms with van der Waals surface area (Å²) in [7, 11) is 0. The summed E-state index contributed by atoms with van der Waals surface area (Å²) in [4.78, 5) is 27.7. The molecule has 0 bridgehead atoms. The Morgan fingerprint density at radius 2 is 1.72 bits per heavy atom. The van der Waals surface area contributed by atoms with Crippen molar-refractivity contribution in [1.29, 1.82) is 0 Å². The van der Waals surface area contributed by atoms with E-state index in [1.165, 1.54) is 29.2 Å². The van der Waals surface area contributed by atoms with Crippen molar-refractivity contribution in [3.63, 3.8) is 0 Å². The maximum absolute atomic E-state index is 13.1. The van der Waals surface area contributed by atoms with Gasteiger partial charge in [-0.05, 0) is 59.5 Å². The molecule has 0 fully saturated rings. The Morgan fingerprint density at radius 3 is 2.44 bits per heavy atom. The van der Waals surface area contributed by atoms with Crippen molar-refractivity contribution in [2.45, 2.75) is 19.0 Å². The van der Waals surface area contributed by atoms with Gasteiger partial charge in [0, 0.05) is 18.7 Å². The van der Waals surface area contributed by atoms with Gasteiger partial charge in [-0.1, -0.05) is 47.5 Å². The van der Waals surface area contributed by atoms with E-state index in [2.05, 4.69) is 5.32 Å². The third kappa shape index (κ3) is 4.56. The van der Waals surface area contributed by atoms with Gasteiger partial charge in [0.2, 0.25) is 5.91 Å². The summed E-state index contributed by atoms with van der Waals surface area (Å²) in [5, 5.41) is 13.5. The summed E-state index contributed by atoms with van der Waals surface area (Å²) >= 11 is 12.1. The van der Waals surface area contributed by atoms with Crippen molar-refractivity contribution in [2.24, 2.45) is 0 Å². The van der Waals surface area contributed by atoms with Crippen LogP contribution >= 0.6 is 23.2 Å². The minimum atomic E-state index is -0.846. The summed E-state index contributed by atoms with van der Waals surface area (Å²) in [6.07, 6.45) is 0.463. The van der Waals surface area contributed by atoms with Crippen molar-refractivity contribution in [2.75, 3.05) is 6.54 Å². The third-order valence-corrected chi connectivity index (χ3v) is 6.13. The van der Waals surface area contributed by atoms with Crippen molar-refractivity contribution in [1.82, 2.24) is 10.2 Å². The van der Waals surface area contributed by atoms with Crippen LogP contribution in [0.1, 0.15) is 33.1 Å². The molecule has 1 atom stereocenters. The average Bonchev–Trinajstić information content (AvgIpc) is 3.05. The fraction of sp³-hybridized carbons (Fsp3) is 0.167. The number of amides is 2. The second-order valence-corrected chi connectivity index (χ2v) is 8.33. The van der Waals surface area contributed by atoms with Gasteiger partial charge >= 0.3 is 0 Å². The lowest BCUT2D eigenvalue weighted by molar-refractivity contribution is -0.125. The van der Waals surface area contributed by atoms with Gasteiger partial charge in [-0.15, -0.1) is 0 Å². The van der Waals surface area contributed by atoms with Crippen LogP contribution in [-0.4, -0.2) is 28.4 Å². The summed E-state index contributed by atoms with van der Waals surface area (Å²) in [6.45, 7) is 0.457. The number of benzene rings is 3. The van der Waals surface area contributed by atoms with Crippen molar-refractivity contribution in [3.8, 4) is 5.75 Å². The number of aromatic hydroxyl groups is 1. The van der Waals surface area contributed by atoms with Crippen molar-refractivity contribution >= 4 is 35.0 Å². The molecule has 4 rings (SSSR count). The van der Waals surface area contributed by atoms with E-state index in [-0.39, 0.29) is 36.5 Å². The van der Waals surface area contributed by atoms with Crippen molar-refractivity contribution in [3.05, 3.63) is 98.8 Å². The summed E-state index contributed by atoms with van der Waals surface area (Å²) < 4.78 is 13.1. The molecule has 0 spiro atoms. The predicted molar refractivity (Wildman–Crippen MR) is 120 cm³/mol. The molecule has 0 aliphatic carbocycles. The van der Waals surface area contributed by atoms with Gasteiger partial charge in [-0.3, -0.25) is 9.59 Å². The molecular formula is C24H19Cl2FN2O3. The number of hydrogen-bond acceptors (Lipinski definition) is 3. The van der Waals surface area contributed by atoms with Crippen LogP contribution in [0.15, 0.2) is 60.7 Å². The van der Waals surface area contributed by atoms with Gasteiger partial charge in [0.1, 0.15) is 17.6 Å². The largest absolute Gasteiger partial charge is 0.508 e. The second-order valence-electron chi connectivity index (χ2n) is 7.52. The number of nitrogens with zero attached hydrogens (tertiary/aromatic N) is 1. The lowest BCUT2D eigenvalue weighted by Crippen LogP contribution is -2.39. The SMILES string of the molecule is O=C(NCc1ccc(F)cc1)C1c2ccc(O)cc2C(=O)N1CCc1ccc(Cl)c(Cl)c1. The Morgan fingerprint density at radius 1 is 1.00 bits per heavy atom. The second kappa shape index (κ2) is 9.18. The lowest BCUT2D eigenvalue weighted by atomic mass is 10.0. The third-order valence-electron chi connectivity index (χ3n) is 5.39. The first-order valence-electron chi connectivity index (χ1n) is 9.93. The molecule has 5 nitrogen and oxygen atoms in total. The molecule has 0 radical (unpaired) electrons. The highest BCUT2D eigenvalue weighted by Gasteiger charge is 2.40. The summed E-state index contributed by atoms with van der Waals surface area (Å²) in [6, 6.07) is 14.6. The van der Waals surface area contributed by atoms with Gasteiger partial charge < -0.3 is 15.3 Å². The average molecular weight is 473 g/mol. The van der Waals surface area contributed by atoms with Crippen LogP contribution in [0.4, 0.5) is 4.39 Å². The van der Waals surface area contributed by atoms with Crippen LogP contribution in [0, 0.1) is 5.82 Å². The Hall–Kier alpha value is -3.09. The standard InChI is InChI=1S/C24H19Cl2FN2O3/c25-20-8-3-14(11-21(20)26)9-10-29-22(18-7-6-17(30)12-19(18)24(29)32)23(31)28-13-15-1-4-16(27)5-2-15/h1-8,11-12,22,30H,9-10,13H2,(H,28,31). The molecule has 0 saturated carbocycles. The van der Waals surface area contributed by atoms with Crippen molar-refractivity contribution < 1.29 is 19.1 Å². The first-order chi connectivity index (χ1) is 15.3. The molecule has 1 unspecified atom stereocenters. The van der Waals surface area contributed by atoms with Crippen LogP contribution in [0.25, 0.3) is 0 Å². The highest BCUT2D eigenvalue weighted by molar-refractivity contribution is 6.42. The number of fused-ring (bicyclic) bond motifs is 1. The predicted octanol–water partition coefficient (Wildman–Crippen LogP) is 4.89. The Bertz CT molecular complexity index is 1180. The molecule has 1 aliphatic heterocycles. The smallest absolute Gasteiger partial charge is 0.255 e. The first kappa shape index (κ1) is 22.1. The maximum atomic E-state index is 13.1. The van der Waals surface area contributed by atoms with Gasteiger partial charge in [0.25, 0.3) is 5.91 Å². The van der Waals surface area contributed by atoms with Crippen LogP contribution in [0.3, 0.4) is 0 Å². The molecule has 32 heavy (non-hydrogen) atoms. The van der Waals surface area contributed by atoms with Gasteiger partial charge in [-0.25, -0.2) is 4.39 Å². The number of nitrogens with one attached hydrogen (secondary N) is 1. The number of phenols is 1. The maximum Gasteiger partial charge on any atom is 0.255 e. The van der Waals surface area contributed by atoms with E-state index < -0.39 is 6.04 Å². The molecule has 164 valence electrons. The van der Waals surface area contributed by atoms with E-state index in [1.807, 2.05) is 6.07 Å². The fourth-order valence-electron chi connectivity index (χ4n) is 3.75. The quantitative estimate of drug-likeness (QED) is 0.536. The zero-order chi connectivity index (χ0) is 22.8. The normalized spacial score (nSPS) is 15.0. The molecular weight excluding hydrogens is 454 g/mol. The number of phenolic OH excluding ortho intramolecular Hbond substituents is 1. The van der Waals surface area contributed by atoms with Gasteiger partial charge in [0.15, 0.2) is 0 Å². The Balaban J connectivity index is 1.55. The van der Waals surface area contributed by atoms with Gasteiger partial charge in [-0.2, -0.15) is 0 Å². The van der Waals surface area contributed by atoms with E-state index in [1.54, 1.807) is 30.3 Å². The zero-order valence-electron chi connectivity index (χ0n) is 16.8. The minimum absolute atomic E-state index is 0.0473. The lowest BCUT2D eigenvalue weighted by Gasteiger charge is -2.25. The Kier molecular flexibility index (Phi) is 6.35. The molecule has 3 aromatic rings. The molecule has 3 aromatic carbocycles. The van der Waals surface area contributed by atoms with Crippen LogP contribution < -0.4 is 5.32 Å². The molecule has 1 aliphatic rings. The number of carbonyl (C=O) groups excluding carboxylic acids is 2. The Labute approximate surface area is 194 Å². The number of hydrogen-bond donors (Lipinski definition) is 2. The van der Waals surface area contributed by atoms with Crippen LogP contribution in [0.2, 0.25) is 10.0 Å². The van der Waals surface area contributed by atoms with Crippen LogP contribution in [-0.2, 0) is 17.8 Å². The molecule has 0 saturated heterocycles. The molecule has 8 heteroatoms. The van der Waals surface area contributed by atoms with Crippen LogP contribution in [0.5, 0.6) is 5.75 Å². The minimum Gasteiger partial charge on any atom is -0.508 e. The number of halogens is 3. The highest BCUT2D eigenvalue weighted by Crippen LogP contribution is 2.36. The van der Waals surface area contributed by atoms with E-state index in [0.29, 0.717) is 27.6 Å². The molecule has 1 heterocycles. The van der Waals surface area contributed by atoms with E-state index in [9.17, 15) is 19.1 Å². The molecule has 0 aromatic heterocycles. The zero-order valence-corrected chi connectivity index (χ0v) is 18.3. The fourth-order valence-corrected chi connectivity index (χ4v) is 4.07.